The zero-order chi connectivity index (χ0) is 12.3. The van der Waals surface area contributed by atoms with E-state index in [0.29, 0.717) is 12.0 Å². The van der Waals surface area contributed by atoms with E-state index >= 15 is 0 Å². The molecule has 0 amide bonds. The van der Waals surface area contributed by atoms with Gasteiger partial charge in [-0.2, -0.15) is 0 Å². The first-order chi connectivity index (χ1) is 7.35. The number of Topliss-reactive ketones (excluding diaryl/α,β-unsaturated/α-hetero) is 1. The van der Waals surface area contributed by atoms with Gasteiger partial charge in [0.1, 0.15) is 0 Å². The van der Waals surface area contributed by atoms with E-state index < -0.39 is 10.0 Å². The fourth-order valence-electron chi connectivity index (χ4n) is 1.22. The Kier molecular flexibility index (Phi) is 3.93. The second-order valence-electron chi connectivity index (χ2n) is 3.32. The molecule has 6 heteroatoms. The molecule has 0 unspecified atom stereocenters. The minimum Gasteiger partial charge on any atom is -0.294 e. The Morgan fingerprint density at radius 3 is 2.56 bits per heavy atom. The lowest BCUT2D eigenvalue weighted by atomic mass is 10.1. The van der Waals surface area contributed by atoms with Crippen molar-refractivity contribution < 1.29 is 13.2 Å². The van der Waals surface area contributed by atoms with E-state index in [1.54, 1.807) is 19.1 Å². The Labute approximate surface area is 99.7 Å². The fraction of sp³-hybridized carbons (Fsp3) is 0.300. The lowest BCUT2D eigenvalue weighted by Gasteiger charge is -2.09. The highest BCUT2D eigenvalue weighted by Crippen LogP contribution is 2.27. The number of hydrogen-bond acceptors (Lipinski definition) is 3. The van der Waals surface area contributed by atoms with Gasteiger partial charge in [-0.1, -0.05) is 24.6 Å². The van der Waals surface area contributed by atoms with Crippen LogP contribution < -0.4 is 4.72 Å². The first-order valence-electron chi connectivity index (χ1n) is 4.64. The summed E-state index contributed by atoms with van der Waals surface area (Å²) in [6.45, 7) is 1.72. The van der Waals surface area contributed by atoms with Crippen LogP contribution in [-0.2, 0) is 10.0 Å². The Hall–Kier alpha value is -1.07. The van der Waals surface area contributed by atoms with Crippen molar-refractivity contribution in [2.75, 3.05) is 11.0 Å². The van der Waals surface area contributed by atoms with Crippen molar-refractivity contribution >= 4 is 33.1 Å². The zero-order valence-electron chi connectivity index (χ0n) is 8.95. The first kappa shape index (κ1) is 13.0. The highest BCUT2D eigenvalue weighted by Gasteiger charge is 2.13. The average Bonchev–Trinajstić information content (AvgIpc) is 2.18. The molecule has 1 rings (SSSR count). The molecule has 0 aliphatic carbocycles. The van der Waals surface area contributed by atoms with E-state index in [1.807, 2.05) is 0 Å². The number of ketones is 1. The van der Waals surface area contributed by atoms with Crippen molar-refractivity contribution in [3.05, 3.63) is 28.8 Å². The van der Waals surface area contributed by atoms with Gasteiger partial charge in [0, 0.05) is 12.0 Å². The second-order valence-corrected chi connectivity index (χ2v) is 5.44. The first-order valence-corrected chi connectivity index (χ1v) is 6.91. The van der Waals surface area contributed by atoms with Crippen LogP contribution in [0.3, 0.4) is 0 Å². The van der Waals surface area contributed by atoms with E-state index in [1.165, 1.54) is 6.07 Å². The molecule has 0 spiro atoms. The van der Waals surface area contributed by atoms with Crippen molar-refractivity contribution in [1.82, 2.24) is 0 Å². The van der Waals surface area contributed by atoms with Crippen molar-refractivity contribution in [2.45, 2.75) is 13.3 Å². The molecule has 0 atom stereocenters. The third kappa shape index (κ3) is 3.21. The maximum atomic E-state index is 11.5. The summed E-state index contributed by atoms with van der Waals surface area (Å²) >= 11 is 5.94. The second kappa shape index (κ2) is 4.84. The minimum absolute atomic E-state index is 0.123. The van der Waals surface area contributed by atoms with Gasteiger partial charge in [0.25, 0.3) is 0 Å². The Balaban J connectivity index is 3.19. The van der Waals surface area contributed by atoms with Crippen LogP contribution >= 0.6 is 11.6 Å². The van der Waals surface area contributed by atoms with Crippen LogP contribution in [0.25, 0.3) is 0 Å². The number of carbonyl (C=O) groups is 1. The molecule has 88 valence electrons. The molecule has 0 bridgehead atoms. The molecule has 0 aromatic heterocycles. The Morgan fingerprint density at radius 2 is 2.06 bits per heavy atom. The molecule has 0 fully saturated rings. The standard InChI is InChI=1S/C10H12ClNO3S/c1-3-9(13)7-5-4-6-8(10(7)11)12-16(2,14)15/h4-6,12H,3H2,1-2H3. The lowest BCUT2D eigenvalue weighted by Crippen LogP contribution is -2.11. The number of benzene rings is 1. The normalized spacial score (nSPS) is 11.2. The molecule has 4 nitrogen and oxygen atoms in total. The van der Waals surface area contributed by atoms with Crippen molar-refractivity contribution in [3.8, 4) is 0 Å². The number of nitrogens with one attached hydrogen (secondary N) is 1. The van der Waals surface area contributed by atoms with Crippen LogP contribution in [0.1, 0.15) is 23.7 Å². The molecule has 1 N–H and O–H groups in total. The monoisotopic (exact) mass is 261 g/mol. The summed E-state index contributed by atoms with van der Waals surface area (Å²) in [5.41, 5.74) is 0.557. The van der Waals surface area contributed by atoms with Crippen molar-refractivity contribution in [1.29, 1.82) is 0 Å². The van der Waals surface area contributed by atoms with Gasteiger partial charge in [-0.15, -0.1) is 0 Å². The van der Waals surface area contributed by atoms with Crippen LogP contribution in [0.15, 0.2) is 18.2 Å². The van der Waals surface area contributed by atoms with Gasteiger partial charge in [0.05, 0.1) is 17.0 Å². The third-order valence-corrected chi connectivity index (χ3v) is 2.91. The maximum Gasteiger partial charge on any atom is 0.229 e. The number of hydrogen-bond donors (Lipinski definition) is 1. The highest BCUT2D eigenvalue weighted by atomic mass is 35.5. The molecule has 0 heterocycles. The fourth-order valence-corrected chi connectivity index (χ4v) is 2.12. The summed E-state index contributed by atoms with van der Waals surface area (Å²) < 4.78 is 24.4. The topological polar surface area (TPSA) is 63.2 Å². The highest BCUT2D eigenvalue weighted by molar-refractivity contribution is 7.92. The predicted octanol–water partition coefficient (Wildman–Crippen LogP) is 2.30. The van der Waals surface area contributed by atoms with E-state index in [2.05, 4.69) is 4.72 Å². The summed E-state index contributed by atoms with van der Waals surface area (Å²) in [6, 6.07) is 4.67. The van der Waals surface area contributed by atoms with E-state index in [4.69, 9.17) is 11.6 Å². The minimum atomic E-state index is -3.39. The predicted molar refractivity (Wildman–Crippen MR) is 64.5 cm³/mol. The van der Waals surface area contributed by atoms with Gasteiger partial charge in [-0.25, -0.2) is 8.42 Å². The number of rotatable bonds is 4. The van der Waals surface area contributed by atoms with E-state index in [0.717, 1.165) is 6.26 Å². The SMILES string of the molecule is CCC(=O)c1cccc(NS(C)(=O)=O)c1Cl. The summed E-state index contributed by atoms with van der Waals surface area (Å²) in [6.07, 6.45) is 1.35. The number of carbonyl (C=O) groups excluding carboxylic acids is 1. The molecule has 0 saturated carbocycles. The zero-order valence-corrected chi connectivity index (χ0v) is 10.5. The molecule has 1 aromatic carbocycles. The van der Waals surface area contributed by atoms with Crippen LogP contribution in [0.2, 0.25) is 5.02 Å². The Bertz CT molecular complexity index is 511. The van der Waals surface area contributed by atoms with Gasteiger partial charge in [-0.3, -0.25) is 9.52 Å². The maximum absolute atomic E-state index is 11.5. The molecule has 0 aliphatic heterocycles. The summed E-state index contributed by atoms with van der Waals surface area (Å²) in [5.74, 6) is -0.123. The van der Waals surface area contributed by atoms with Gasteiger partial charge in [0.15, 0.2) is 5.78 Å². The number of sulfonamides is 1. The molecule has 0 aliphatic rings. The van der Waals surface area contributed by atoms with Gasteiger partial charge < -0.3 is 0 Å². The average molecular weight is 262 g/mol. The molecular formula is C10H12ClNO3S. The summed E-state index contributed by atoms with van der Waals surface area (Å²) in [7, 11) is -3.39. The quantitative estimate of drug-likeness (QED) is 0.846. The Morgan fingerprint density at radius 1 is 1.44 bits per heavy atom. The number of anilines is 1. The van der Waals surface area contributed by atoms with Crippen LogP contribution in [0, 0.1) is 0 Å². The molecule has 1 aromatic rings. The largest absolute Gasteiger partial charge is 0.294 e. The van der Waals surface area contributed by atoms with Crippen molar-refractivity contribution in [3.63, 3.8) is 0 Å². The van der Waals surface area contributed by atoms with Gasteiger partial charge >= 0.3 is 0 Å². The lowest BCUT2D eigenvalue weighted by molar-refractivity contribution is 0.0988. The van der Waals surface area contributed by atoms with Gasteiger partial charge in [0.2, 0.25) is 10.0 Å². The smallest absolute Gasteiger partial charge is 0.229 e. The van der Waals surface area contributed by atoms with Crippen LogP contribution in [-0.4, -0.2) is 20.5 Å². The van der Waals surface area contributed by atoms with Gasteiger partial charge in [-0.05, 0) is 12.1 Å². The molecule has 0 saturated heterocycles. The third-order valence-electron chi connectivity index (χ3n) is 1.92. The van der Waals surface area contributed by atoms with Crippen LogP contribution in [0.5, 0.6) is 0 Å². The molecular weight excluding hydrogens is 250 g/mol. The molecule has 0 radical (unpaired) electrons. The molecule has 16 heavy (non-hydrogen) atoms. The van der Waals surface area contributed by atoms with Crippen LogP contribution in [0.4, 0.5) is 5.69 Å². The number of halogens is 1. The van der Waals surface area contributed by atoms with E-state index in [9.17, 15) is 13.2 Å². The van der Waals surface area contributed by atoms with E-state index in [-0.39, 0.29) is 16.5 Å². The van der Waals surface area contributed by atoms with Crippen molar-refractivity contribution in [2.24, 2.45) is 0 Å². The summed E-state index contributed by atoms with van der Waals surface area (Å²) in [4.78, 5) is 11.5. The summed E-state index contributed by atoms with van der Waals surface area (Å²) in [5, 5.41) is 0.139.